The lowest BCUT2D eigenvalue weighted by Crippen LogP contribution is -2.43. The van der Waals surface area contributed by atoms with Crippen LogP contribution in [0.3, 0.4) is 0 Å². The molecular formula is C20H25FN2O3S. The Morgan fingerprint density at radius 3 is 2.44 bits per heavy atom. The van der Waals surface area contributed by atoms with E-state index in [1.54, 1.807) is 25.1 Å². The number of benzene rings is 2. The van der Waals surface area contributed by atoms with Crippen LogP contribution in [0.2, 0.25) is 0 Å². The molecule has 1 atom stereocenters. The van der Waals surface area contributed by atoms with Crippen molar-refractivity contribution in [2.75, 3.05) is 32.8 Å². The molecule has 0 aromatic heterocycles. The number of hydrogen-bond acceptors (Lipinski definition) is 4. The Morgan fingerprint density at radius 2 is 1.78 bits per heavy atom. The lowest BCUT2D eigenvalue weighted by molar-refractivity contribution is 0.0172. The molecule has 2 aromatic rings. The number of morpholine rings is 1. The van der Waals surface area contributed by atoms with Gasteiger partial charge in [0, 0.05) is 25.7 Å². The minimum atomic E-state index is -3.65. The van der Waals surface area contributed by atoms with Crippen molar-refractivity contribution in [1.82, 2.24) is 9.62 Å². The van der Waals surface area contributed by atoms with Crippen LogP contribution >= 0.6 is 0 Å². The lowest BCUT2D eigenvalue weighted by atomic mass is 10.0. The molecule has 0 aliphatic carbocycles. The van der Waals surface area contributed by atoms with Crippen molar-refractivity contribution in [2.45, 2.75) is 24.8 Å². The minimum absolute atomic E-state index is 0.186. The van der Waals surface area contributed by atoms with Gasteiger partial charge in [0.15, 0.2) is 0 Å². The predicted molar refractivity (Wildman–Crippen MR) is 103 cm³/mol. The molecule has 1 saturated heterocycles. The Hall–Kier alpha value is -1.80. The molecule has 1 fully saturated rings. The fourth-order valence-corrected chi connectivity index (χ4v) is 4.66. The molecule has 0 amide bonds. The Balaban J connectivity index is 1.83. The average Bonchev–Trinajstić information content (AvgIpc) is 2.66. The van der Waals surface area contributed by atoms with Crippen LogP contribution in [0.5, 0.6) is 0 Å². The zero-order chi connectivity index (χ0) is 19.4. The Bertz CT molecular complexity index is 879. The molecule has 27 heavy (non-hydrogen) atoms. The van der Waals surface area contributed by atoms with E-state index < -0.39 is 10.0 Å². The standard InChI is InChI=1S/C20H25FN2O3S/c1-15-3-4-16(2)20(13-15)27(24,25)22-14-19(23-9-11-26-12-10-23)17-5-7-18(21)8-6-17/h3-8,13,19,22H,9-12,14H2,1-2H3/t19-/m1/s1. The molecule has 0 radical (unpaired) electrons. The summed E-state index contributed by atoms with van der Waals surface area (Å²) in [4.78, 5) is 2.46. The molecule has 146 valence electrons. The fourth-order valence-electron chi connectivity index (χ4n) is 3.30. The Morgan fingerprint density at radius 1 is 1.11 bits per heavy atom. The first-order valence-corrected chi connectivity index (χ1v) is 10.5. The first-order chi connectivity index (χ1) is 12.9. The quantitative estimate of drug-likeness (QED) is 0.821. The third-order valence-corrected chi connectivity index (χ3v) is 6.41. The summed E-state index contributed by atoms with van der Waals surface area (Å²) in [6.07, 6.45) is 0. The van der Waals surface area contributed by atoms with Gasteiger partial charge in [0.2, 0.25) is 10.0 Å². The third kappa shape index (κ3) is 4.93. The van der Waals surface area contributed by atoms with Gasteiger partial charge < -0.3 is 4.74 Å². The SMILES string of the molecule is Cc1ccc(C)c(S(=O)(=O)NC[C@H](c2ccc(F)cc2)N2CCOCC2)c1. The Kier molecular flexibility index (Phi) is 6.26. The van der Waals surface area contributed by atoms with E-state index in [4.69, 9.17) is 4.74 Å². The highest BCUT2D eigenvalue weighted by molar-refractivity contribution is 7.89. The van der Waals surface area contributed by atoms with E-state index in [2.05, 4.69) is 9.62 Å². The third-order valence-electron chi connectivity index (χ3n) is 4.84. The number of nitrogens with zero attached hydrogens (tertiary/aromatic N) is 1. The molecule has 1 aliphatic heterocycles. The largest absolute Gasteiger partial charge is 0.379 e. The highest BCUT2D eigenvalue weighted by Gasteiger charge is 2.25. The van der Waals surface area contributed by atoms with Gasteiger partial charge in [0.05, 0.1) is 18.1 Å². The molecule has 0 unspecified atom stereocenters. The van der Waals surface area contributed by atoms with Gasteiger partial charge in [-0.05, 0) is 48.7 Å². The van der Waals surface area contributed by atoms with E-state index in [0.29, 0.717) is 36.8 Å². The Labute approximate surface area is 160 Å². The van der Waals surface area contributed by atoms with Crippen molar-refractivity contribution in [2.24, 2.45) is 0 Å². The summed E-state index contributed by atoms with van der Waals surface area (Å²) in [6, 6.07) is 11.4. The summed E-state index contributed by atoms with van der Waals surface area (Å²) >= 11 is 0. The van der Waals surface area contributed by atoms with Gasteiger partial charge in [-0.3, -0.25) is 4.90 Å². The predicted octanol–water partition coefficient (Wildman–Crippen LogP) is 2.79. The second-order valence-electron chi connectivity index (χ2n) is 6.84. The average molecular weight is 392 g/mol. The highest BCUT2D eigenvalue weighted by Crippen LogP contribution is 2.23. The van der Waals surface area contributed by atoms with Crippen LogP contribution in [0.4, 0.5) is 4.39 Å². The van der Waals surface area contributed by atoms with E-state index in [1.165, 1.54) is 12.1 Å². The van der Waals surface area contributed by atoms with E-state index in [-0.39, 0.29) is 18.4 Å². The van der Waals surface area contributed by atoms with E-state index in [9.17, 15) is 12.8 Å². The first-order valence-electron chi connectivity index (χ1n) is 9.01. The molecule has 1 heterocycles. The van der Waals surface area contributed by atoms with Crippen molar-refractivity contribution in [3.05, 3.63) is 65.0 Å². The van der Waals surface area contributed by atoms with Gasteiger partial charge in [-0.2, -0.15) is 0 Å². The molecule has 1 aliphatic rings. The number of ether oxygens (including phenoxy) is 1. The van der Waals surface area contributed by atoms with Gasteiger partial charge in [-0.1, -0.05) is 24.3 Å². The smallest absolute Gasteiger partial charge is 0.240 e. The van der Waals surface area contributed by atoms with Crippen LogP contribution in [0.1, 0.15) is 22.7 Å². The molecule has 1 N–H and O–H groups in total. The van der Waals surface area contributed by atoms with Crippen molar-refractivity contribution < 1.29 is 17.5 Å². The second kappa shape index (κ2) is 8.48. The molecule has 0 spiro atoms. The van der Waals surface area contributed by atoms with Crippen molar-refractivity contribution in [3.8, 4) is 0 Å². The molecule has 7 heteroatoms. The van der Waals surface area contributed by atoms with Crippen LogP contribution in [-0.2, 0) is 14.8 Å². The first kappa shape index (κ1) is 19.9. The van der Waals surface area contributed by atoms with E-state index in [1.807, 2.05) is 19.1 Å². The molecule has 5 nitrogen and oxygen atoms in total. The number of sulfonamides is 1. The van der Waals surface area contributed by atoms with Crippen molar-refractivity contribution in [1.29, 1.82) is 0 Å². The fraction of sp³-hybridized carbons (Fsp3) is 0.400. The monoisotopic (exact) mass is 392 g/mol. The van der Waals surface area contributed by atoms with Crippen LogP contribution < -0.4 is 4.72 Å². The second-order valence-corrected chi connectivity index (χ2v) is 8.57. The molecule has 2 aromatic carbocycles. The maximum absolute atomic E-state index is 13.3. The van der Waals surface area contributed by atoms with E-state index >= 15 is 0 Å². The maximum Gasteiger partial charge on any atom is 0.240 e. The summed E-state index contributed by atoms with van der Waals surface area (Å²) < 4.78 is 47.2. The molecule has 0 saturated carbocycles. The zero-order valence-electron chi connectivity index (χ0n) is 15.6. The zero-order valence-corrected chi connectivity index (χ0v) is 16.4. The number of halogens is 1. The lowest BCUT2D eigenvalue weighted by Gasteiger charge is -2.35. The molecule has 3 rings (SSSR count). The number of hydrogen-bond donors (Lipinski definition) is 1. The van der Waals surface area contributed by atoms with Crippen LogP contribution in [-0.4, -0.2) is 46.2 Å². The van der Waals surface area contributed by atoms with Crippen molar-refractivity contribution in [3.63, 3.8) is 0 Å². The summed E-state index contributed by atoms with van der Waals surface area (Å²) in [5, 5.41) is 0. The molecule has 0 bridgehead atoms. The summed E-state index contributed by atoms with van der Waals surface area (Å²) in [6.45, 7) is 6.46. The van der Waals surface area contributed by atoms with Gasteiger partial charge >= 0.3 is 0 Å². The highest BCUT2D eigenvalue weighted by atomic mass is 32.2. The van der Waals surface area contributed by atoms with Gasteiger partial charge in [0.1, 0.15) is 5.82 Å². The number of rotatable bonds is 6. The van der Waals surface area contributed by atoms with Crippen molar-refractivity contribution >= 4 is 10.0 Å². The van der Waals surface area contributed by atoms with Crippen LogP contribution in [0.15, 0.2) is 47.4 Å². The van der Waals surface area contributed by atoms with E-state index in [0.717, 1.165) is 11.1 Å². The topological polar surface area (TPSA) is 58.6 Å². The number of aryl methyl sites for hydroxylation is 2. The summed E-state index contributed by atoms with van der Waals surface area (Å²) in [5.74, 6) is -0.310. The summed E-state index contributed by atoms with van der Waals surface area (Å²) in [7, 11) is -3.65. The normalized spacial score (nSPS) is 17.0. The minimum Gasteiger partial charge on any atom is -0.379 e. The summed E-state index contributed by atoms with van der Waals surface area (Å²) in [5.41, 5.74) is 2.48. The van der Waals surface area contributed by atoms with Crippen LogP contribution in [0, 0.1) is 19.7 Å². The molecular weight excluding hydrogens is 367 g/mol. The van der Waals surface area contributed by atoms with Crippen LogP contribution in [0.25, 0.3) is 0 Å². The maximum atomic E-state index is 13.3. The van der Waals surface area contributed by atoms with Gasteiger partial charge in [-0.25, -0.2) is 17.5 Å². The van der Waals surface area contributed by atoms with Gasteiger partial charge in [0.25, 0.3) is 0 Å². The number of nitrogens with one attached hydrogen (secondary N) is 1. The van der Waals surface area contributed by atoms with Gasteiger partial charge in [-0.15, -0.1) is 0 Å².